The lowest BCUT2D eigenvalue weighted by molar-refractivity contribution is -0.122. The average Bonchev–Trinajstić information content (AvgIpc) is 2.76. The summed E-state index contributed by atoms with van der Waals surface area (Å²) in [6.07, 6.45) is 1.09. The van der Waals surface area contributed by atoms with Gasteiger partial charge in [-0.25, -0.2) is 13.1 Å². The molecule has 0 saturated carbocycles. The molecular formula is C25H35N3O4S. The molecular weight excluding hydrogens is 438 g/mol. The lowest BCUT2D eigenvalue weighted by atomic mass is 9.92. The molecule has 0 radical (unpaired) electrons. The first-order chi connectivity index (χ1) is 15.5. The molecule has 33 heavy (non-hydrogen) atoms. The molecule has 0 unspecified atom stereocenters. The van der Waals surface area contributed by atoms with Gasteiger partial charge in [-0.05, 0) is 53.6 Å². The molecule has 0 aliphatic rings. The van der Waals surface area contributed by atoms with Crippen LogP contribution in [0.4, 0.5) is 5.69 Å². The average molecular weight is 474 g/mol. The van der Waals surface area contributed by atoms with Crippen molar-refractivity contribution in [2.75, 3.05) is 11.9 Å². The largest absolute Gasteiger partial charge is 0.349 e. The highest BCUT2D eigenvalue weighted by molar-refractivity contribution is 7.89. The number of sulfonamides is 1. The van der Waals surface area contributed by atoms with Crippen LogP contribution in [0.25, 0.3) is 0 Å². The van der Waals surface area contributed by atoms with E-state index in [1.165, 1.54) is 36.8 Å². The number of carbonyl (C=O) groups is 2. The molecule has 2 aromatic rings. The lowest BCUT2D eigenvalue weighted by Gasteiger charge is -2.23. The van der Waals surface area contributed by atoms with Gasteiger partial charge in [0.2, 0.25) is 21.8 Å². The van der Waals surface area contributed by atoms with Crippen molar-refractivity contribution in [2.45, 2.75) is 64.3 Å². The minimum atomic E-state index is -3.76. The van der Waals surface area contributed by atoms with E-state index in [0.29, 0.717) is 11.6 Å². The van der Waals surface area contributed by atoms with Crippen molar-refractivity contribution in [2.24, 2.45) is 5.92 Å². The zero-order valence-electron chi connectivity index (χ0n) is 20.0. The minimum absolute atomic E-state index is 0.0145. The number of hydrogen-bond donors (Lipinski definition) is 3. The van der Waals surface area contributed by atoms with Crippen molar-refractivity contribution < 1.29 is 18.0 Å². The Morgan fingerprint density at radius 1 is 0.909 bits per heavy atom. The Kier molecular flexibility index (Phi) is 9.61. The van der Waals surface area contributed by atoms with Gasteiger partial charge in [-0.2, -0.15) is 0 Å². The van der Waals surface area contributed by atoms with Crippen LogP contribution in [0.3, 0.4) is 0 Å². The topological polar surface area (TPSA) is 104 Å². The molecule has 2 atom stereocenters. The fourth-order valence-corrected chi connectivity index (χ4v) is 4.48. The fourth-order valence-electron chi connectivity index (χ4n) is 3.45. The van der Waals surface area contributed by atoms with Gasteiger partial charge in [0.1, 0.15) is 0 Å². The fraction of sp³-hybridized carbons (Fsp3) is 0.440. The zero-order valence-corrected chi connectivity index (χ0v) is 20.8. The van der Waals surface area contributed by atoms with Crippen LogP contribution in [-0.2, 0) is 19.6 Å². The predicted octanol–water partition coefficient (Wildman–Crippen LogP) is 4.34. The van der Waals surface area contributed by atoms with Gasteiger partial charge in [0.15, 0.2) is 0 Å². The van der Waals surface area contributed by atoms with Crippen molar-refractivity contribution in [3.05, 3.63) is 59.7 Å². The van der Waals surface area contributed by atoms with Crippen LogP contribution in [0.2, 0.25) is 0 Å². The maximum Gasteiger partial charge on any atom is 0.240 e. The summed E-state index contributed by atoms with van der Waals surface area (Å²) in [6, 6.07) is 14.0. The van der Waals surface area contributed by atoms with Crippen molar-refractivity contribution in [3.63, 3.8) is 0 Å². The number of amides is 2. The minimum Gasteiger partial charge on any atom is -0.349 e. The standard InChI is InChI=1S/C25H35N3O4S/c1-6-18(4)20-7-9-21(10-8-20)25(17(2)3)28-24(30)15-16-26-33(31,32)23-13-11-22(12-14-23)27-19(5)29/h7-14,17-18,25-26H,6,15-16H2,1-5H3,(H,27,29)(H,28,30)/t18-,25-/m1/s1. The van der Waals surface area contributed by atoms with Crippen LogP contribution in [0.1, 0.15) is 70.5 Å². The van der Waals surface area contributed by atoms with Gasteiger partial charge in [-0.3, -0.25) is 9.59 Å². The Labute approximate surface area is 197 Å². The quantitative estimate of drug-likeness (QED) is 0.451. The predicted molar refractivity (Wildman–Crippen MR) is 131 cm³/mol. The van der Waals surface area contributed by atoms with Crippen LogP contribution in [0, 0.1) is 5.92 Å². The van der Waals surface area contributed by atoms with Gasteiger partial charge in [-0.1, -0.05) is 52.0 Å². The second-order valence-electron chi connectivity index (χ2n) is 8.62. The molecule has 0 saturated heterocycles. The van der Waals surface area contributed by atoms with E-state index in [4.69, 9.17) is 0 Å². The summed E-state index contributed by atoms with van der Waals surface area (Å²) in [6.45, 7) is 9.80. The molecule has 0 aliphatic carbocycles. The molecule has 0 heterocycles. The number of rotatable bonds is 11. The highest BCUT2D eigenvalue weighted by Gasteiger charge is 2.20. The summed E-state index contributed by atoms with van der Waals surface area (Å²) in [5.74, 6) is 0.215. The number of hydrogen-bond acceptors (Lipinski definition) is 4. The molecule has 2 amide bonds. The van der Waals surface area contributed by atoms with E-state index in [1.54, 1.807) is 0 Å². The van der Waals surface area contributed by atoms with E-state index in [9.17, 15) is 18.0 Å². The Bertz CT molecular complexity index is 1030. The van der Waals surface area contributed by atoms with Crippen LogP contribution >= 0.6 is 0 Å². The molecule has 180 valence electrons. The highest BCUT2D eigenvalue weighted by atomic mass is 32.2. The molecule has 7 nitrogen and oxygen atoms in total. The summed E-state index contributed by atoms with van der Waals surface area (Å²) in [4.78, 5) is 23.7. The van der Waals surface area contributed by atoms with Gasteiger partial charge in [0.05, 0.1) is 10.9 Å². The van der Waals surface area contributed by atoms with Crippen molar-refractivity contribution >= 4 is 27.5 Å². The van der Waals surface area contributed by atoms with Gasteiger partial charge in [0.25, 0.3) is 0 Å². The van der Waals surface area contributed by atoms with E-state index in [-0.39, 0.29) is 41.6 Å². The Morgan fingerprint density at radius 2 is 1.48 bits per heavy atom. The number of nitrogens with one attached hydrogen (secondary N) is 3. The molecule has 2 rings (SSSR count). The molecule has 3 N–H and O–H groups in total. The first-order valence-corrected chi connectivity index (χ1v) is 12.8. The zero-order chi connectivity index (χ0) is 24.6. The summed E-state index contributed by atoms with van der Waals surface area (Å²) < 4.78 is 27.4. The maximum atomic E-state index is 12.5. The van der Waals surface area contributed by atoms with E-state index in [0.717, 1.165) is 12.0 Å². The number of anilines is 1. The second kappa shape index (κ2) is 12.0. The third kappa shape index (κ3) is 7.98. The third-order valence-electron chi connectivity index (χ3n) is 5.59. The monoisotopic (exact) mass is 473 g/mol. The molecule has 0 bridgehead atoms. The Balaban J connectivity index is 1.93. The summed E-state index contributed by atoms with van der Waals surface area (Å²) in [5.41, 5.74) is 2.82. The van der Waals surface area contributed by atoms with Crippen LogP contribution in [0.15, 0.2) is 53.4 Å². The van der Waals surface area contributed by atoms with Gasteiger partial charge >= 0.3 is 0 Å². The molecule has 0 aromatic heterocycles. The Morgan fingerprint density at radius 3 is 2.00 bits per heavy atom. The second-order valence-corrected chi connectivity index (χ2v) is 10.4. The normalized spacial score (nSPS) is 13.4. The van der Waals surface area contributed by atoms with E-state index >= 15 is 0 Å². The van der Waals surface area contributed by atoms with Crippen LogP contribution in [0.5, 0.6) is 0 Å². The smallest absolute Gasteiger partial charge is 0.240 e. The lowest BCUT2D eigenvalue weighted by Crippen LogP contribution is -2.34. The third-order valence-corrected chi connectivity index (χ3v) is 7.07. The van der Waals surface area contributed by atoms with Crippen molar-refractivity contribution in [1.29, 1.82) is 0 Å². The molecule has 0 spiro atoms. The van der Waals surface area contributed by atoms with Gasteiger partial charge < -0.3 is 10.6 Å². The van der Waals surface area contributed by atoms with Crippen LogP contribution < -0.4 is 15.4 Å². The molecule has 2 aromatic carbocycles. The number of benzene rings is 2. The summed E-state index contributed by atoms with van der Waals surface area (Å²) in [7, 11) is -3.76. The first-order valence-electron chi connectivity index (χ1n) is 11.3. The van der Waals surface area contributed by atoms with E-state index < -0.39 is 10.0 Å². The first kappa shape index (κ1) is 26.5. The molecule has 8 heteroatoms. The van der Waals surface area contributed by atoms with E-state index in [2.05, 4.69) is 53.5 Å². The summed E-state index contributed by atoms with van der Waals surface area (Å²) in [5, 5.41) is 5.62. The van der Waals surface area contributed by atoms with Crippen molar-refractivity contribution in [3.8, 4) is 0 Å². The van der Waals surface area contributed by atoms with Crippen molar-refractivity contribution in [1.82, 2.24) is 10.0 Å². The SMILES string of the molecule is CC[C@@H](C)c1ccc([C@H](NC(=O)CCNS(=O)(=O)c2ccc(NC(C)=O)cc2)C(C)C)cc1. The van der Waals surface area contributed by atoms with Gasteiger partial charge in [-0.15, -0.1) is 0 Å². The molecule has 0 fully saturated rings. The van der Waals surface area contributed by atoms with Crippen LogP contribution in [-0.4, -0.2) is 26.8 Å². The summed E-state index contributed by atoms with van der Waals surface area (Å²) >= 11 is 0. The Hall–Kier alpha value is -2.71. The number of carbonyl (C=O) groups excluding carboxylic acids is 2. The van der Waals surface area contributed by atoms with Gasteiger partial charge in [0, 0.05) is 25.6 Å². The highest BCUT2D eigenvalue weighted by Crippen LogP contribution is 2.25. The van der Waals surface area contributed by atoms with E-state index in [1.807, 2.05) is 13.8 Å². The maximum absolute atomic E-state index is 12.5. The molecule has 0 aliphatic heterocycles.